The summed E-state index contributed by atoms with van der Waals surface area (Å²) in [6.07, 6.45) is 2.95. The monoisotopic (exact) mass is 503 g/mol. The zero-order valence-corrected chi connectivity index (χ0v) is 20.0. The number of nitrogens with one attached hydrogen (secondary N) is 2. The molecule has 1 aromatic carbocycles. The van der Waals surface area contributed by atoms with E-state index in [0.29, 0.717) is 46.7 Å². The summed E-state index contributed by atoms with van der Waals surface area (Å²) in [6.45, 7) is 0.848. The normalized spacial score (nSPS) is 17.9. The quantitative estimate of drug-likeness (QED) is 0.408. The van der Waals surface area contributed by atoms with Crippen LogP contribution in [0.2, 0.25) is 0 Å². The number of rotatable bonds is 9. The van der Waals surface area contributed by atoms with E-state index < -0.39 is 23.3 Å². The molecule has 2 heterocycles. The Balaban J connectivity index is 1.35. The number of amides is 1. The van der Waals surface area contributed by atoms with Crippen LogP contribution in [0, 0.1) is 17.7 Å². The number of fused-ring (bicyclic) bond motifs is 1. The zero-order valence-electron chi connectivity index (χ0n) is 19.1. The molecule has 1 amide bonds. The highest BCUT2D eigenvalue weighted by molar-refractivity contribution is 7.16. The van der Waals surface area contributed by atoms with E-state index in [1.165, 1.54) is 36.6 Å². The number of hydrogen-bond donors (Lipinski definition) is 3. The molecular weight excluding hydrogens is 477 g/mol. The molecule has 2 aromatic heterocycles. The van der Waals surface area contributed by atoms with Gasteiger partial charge in [-0.2, -0.15) is 0 Å². The molecule has 11 heteroatoms. The van der Waals surface area contributed by atoms with Crippen molar-refractivity contribution < 1.29 is 28.6 Å². The predicted octanol–water partition coefficient (Wildman–Crippen LogP) is 3.47. The molecule has 0 unspecified atom stereocenters. The number of ether oxygens (including phenoxy) is 2. The van der Waals surface area contributed by atoms with E-state index in [-0.39, 0.29) is 30.6 Å². The Hall–Kier alpha value is -3.31. The molecule has 1 fully saturated rings. The van der Waals surface area contributed by atoms with Crippen molar-refractivity contribution in [1.82, 2.24) is 15.3 Å². The number of hydrogen-bond acceptors (Lipinski definition) is 7. The SMILES string of the molecule is COc1cc(CNC(=O)c2nc3scc(COCC4CCC(C(=O)O)CC4)c3c(=O)[nH]2)ccc1F. The first-order valence-corrected chi connectivity index (χ1v) is 12.1. The van der Waals surface area contributed by atoms with Gasteiger partial charge in [0.1, 0.15) is 4.83 Å². The first-order chi connectivity index (χ1) is 16.9. The van der Waals surface area contributed by atoms with E-state index >= 15 is 0 Å². The number of carbonyl (C=O) groups excluding carboxylic acids is 1. The lowest BCUT2D eigenvalue weighted by molar-refractivity contribution is -0.143. The van der Waals surface area contributed by atoms with Crippen LogP contribution in [0.25, 0.3) is 10.2 Å². The Morgan fingerprint density at radius 2 is 2.06 bits per heavy atom. The average Bonchev–Trinajstić information content (AvgIpc) is 3.27. The Morgan fingerprint density at radius 1 is 1.29 bits per heavy atom. The van der Waals surface area contributed by atoms with E-state index in [0.717, 1.165) is 12.8 Å². The number of carboxylic acid groups (broad SMARTS) is 1. The maximum Gasteiger partial charge on any atom is 0.306 e. The van der Waals surface area contributed by atoms with Gasteiger partial charge in [0.2, 0.25) is 5.82 Å². The Kier molecular flexibility index (Phi) is 7.76. The van der Waals surface area contributed by atoms with Gasteiger partial charge in [-0.25, -0.2) is 9.37 Å². The van der Waals surface area contributed by atoms with Crippen molar-refractivity contribution in [3.8, 4) is 5.75 Å². The number of methoxy groups -OCH3 is 1. The predicted molar refractivity (Wildman–Crippen MR) is 127 cm³/mol. The molecule has 3 N–H and O–H groups in total. The zero-order chi connectivity index (χ0) is 24.9. The first-order valence-electron chi connectivity index (χ1n) is 11.3. The number of nitrogens with zero attached hydrogens (tertiary/aromatic N) is 1. The molecule has 1 saturated carbocycles. The number of thiophene rings is 1. The number of aromatic nitrogens is 2. The van der Waals surface area contributed by atoms with Crippen LogP contribution in [-0.4, -0.2) is 40.7 Å². The van der Waals surface area contributed by atoms with Gasteiger partial charge in [0.25, 0.3) is 11.5 Å². The largest absolute Gasteiger partial charge is 0.494 e. The van der Waals surface area contributed by atoms with Gasteiger partial charge >= 0.3 is 5.97 Å². The van der Waals surface area contributed by atoms with Crippen LogP contribution in [-0.2, 0) is 22.7 Å². The van der Waals surface area contributed by atoms with Gasteiger partial charge in [0.05, 0.1) is 25.0 Å². The maximum absolute atomic E-state index is 13.6. The summed E-state index contributed by atoms with van der Waals surface area (Å²) in [7, 11) is 1.36. The molecule has 0 saturated heterocycles. The second-order valence-corrected chi connectivity index (χ2v) is 9.44. The van der Waals surface area contributed by atoms with Crippen LogP contribution < -0.4 is 15.6 Å². The van der Waals surface area contributed by atoms with Crippen LogP contribution in [0.15, 0.2) is 28.4 Å². The fourth-order valence-electron chi connectivity index (χ4n) is 4.21. The molecule has 0 aliphatic heterocycles. The van der Waals surface area contributed by atoms with E-state index in [1.54, 1.807) is 5.38 Å². The molecule has 0 radical (unpaired) electrons. The topological polar surface area (TPSA) is 131 Å². The van der Waals surface area contributed by atoms with E-state index in [2.05, 4.69) is 15.3 Å². The minimum Gasteiger partial charge on any atom is -0.494 e. The maximum atomic E-state index is 13.6. The van der Waals surface area contributed by atoms with Crippen molar-refractivity contribution in [3.05, 3.63) is 56.7 Å². The van der Waals surface area contributed by atoms with Crippen LogP contribution in [0.4, 0.5) is 4.39 Å². The van der Waals surface area contributed by atoms with Gasteiger partial charge in [-0.15, -0.1) is 11.3 Å². The molecule has 0 spiro atoms. The average molecular weight is 504 g/mol. The van der Waals surface area contributed by atoms with E-state index in [9.17, 15) is 18.8 Å². The summed E-state index contributed by atoms with van der Waals surface area (Å²) in [5.41, 5.74) is 0.904. The molecular formula is C24H26FN3O6S. The van der Waals surface area contributed by atoms with Gasteiger partial charge in [-0.1, -0.05) is 6.07 Å². The summed E-state index contributed by atoms with van der Waals surface area (Å²) in [5, 5.41) is 14.0. The number of aliphatic carboxylic acids is 1. The summed E-state index contributed by atoms with van der Waals surface area (Å²) >= 11 is 1.26. The number of carboxylic acids is 1. The minimum absolute atomic E-state index is 0.0750. The van der Waals surface area contributed by atoms with Gasteiger partial charge in [0.15, 0.2) is 11.6 Å². The van der Waals surface area contributed by atoms with Gasteiger partial charge < -0.3 is 24.9 Å². The van der Waals surface area contributed by atoms with Crippen molar-refractivity contribution in [3.63, 3.8) is 0 Å². The Morgan fingerprint density at radius 3 is 2.77 bits per heavy atom. The molecule has 0 atom stereocenters. The first kappa shape index (κ1) is 24.8. The van der Waals surface area contributed by atoms with Crippen molar-refractivity contribution in [2.45, 2.75) is 38.8 Å². The fourth-order valence-corrected chi connectivity index (χ4v) is 5.14. The van der Waals surface area contributed by atoms with Crippen molar-refractivity contribution >= 4 is 33.4 Å². The van der Waals surface area contributed by atoms with Crippen molar-refractivity contribution in [1.29, 1.82) is 0 Å². The van der Waals surface area contributed by atoms with Crippen LogP contribution in [0.3, 0.4) is 0 Å². The summed E-state index contributed by atoms with van der Waals surface area (Å²) < 4.78 is 24.3. The number of aromatic amines is 1. The van der Waals surface area contributed by atoms with Gasteiger partial charge in [-0.3, -0.25) is 14.4 Å². The summed E-state index contributed by atoms with van der Waals surface area (Å²) in [4.78, 5) is 43.6. The Bertz CT molecular complexity index is 1280. The third kappa shape index (κ3) is 5.85. The molecule has 9 nitrogen and oxygen atoms in total. The molecule has 35 heavy (non-hydrogen) atoms. The molecule has 1 aliphatic carbocycles. The van der Waals surface area contributed by atoms with Crippen LogP contribution >= 0.6 is 11.3 Å². The third-order valence-corrected chi connectivity index (χ3v) is 7.13. The second-order valence-electron chi connectivity index (χ2n) is 8.58. The van der Waals surface area contributed by atoms with Gasteiger partial charge in [0, 0.05) is 18.7 Å². The lowest BCUT2D eigenvalue weighted by Crippen LogP contribution is -2.27. The number of halogens is 1. The highest BCUT2D eigenvalue weighted by Gasteiger charge is 2.26. The van der Waals surface area contributed by atoms with Crippen molar-refractivity contribution in [2.24, 2.45) is 11.8 Å². The van der Waals surface area contributed by atoms with Gasteiger partial charge in [-0.05, 0) is 54.7 Å². The number of benzene rings is 1. The third-order valence-electron chi connectivity index (χ3n) is 6.21. The lowest BCUT2D eigenvalue weighted by atomic mass is 9.82. The fraction of sp³-hybridized carbons (Fsp3) is 0.417. The van der Waals surface area contributed by atoms with Crippen LogP contribution in [0.5, 0.6) is 5.75 Å². The highest BCUT2D eigenvalue weighted by Crippen LogP contribution is 2.30. The standard InChI is InChI=1S/C24H26FN3O6S/c1-33-18-8-14(4-7-17(18)25)9-26-22(30)20-27-21(29)19-16(12-35-23(19)28-20)11-34-10-13-2-5-15(6-3-13)24(31)32/h4,7-8,12-13,15H,2-3,5-6,9-11H2,1H3,(H,26,30)(H,31,32)(H,27,28,29). The van der Waals surface area contributed by atoms with Crippen molar-refractivity contribution in [2.75, 3.05) is 13.7 Å². The molecule has 0 bridgehead atoms. The van der Waals surface area contributed by atoms with E-state index in [4.69, 9.17) is 14.6 Å². The number of carbonyl (C=O) groups is 2. The smallest absolute Gasteiger partial charge is 0.306 e. The minimum atomic E-state index is -0.732. The molecule has 1 aliphatic rings. The summed E-state index contributed by atoms with van der Waals surface area (Å²) in [5.74, 6) is -1.78. The molecule has 4 rings (SSSR count). The van der Waals surface area contributed by atoms with Crippen LogP contribution in [0.1, 0.15) is 47.4 Å². The Labute approximate surface area is 204 Å². The van der Waals surface area contributed by atoms with E-state index in [1.807, 2.05) is 0 Å². The molecule has 186 valence electrons. The number of H-pyrrole nitrogens is 1. The molecule has 3 aromatic rings. The second kappa shape index (κ2) is 11.0. The highest BCUT2D eigenvalue weighted by atomic mass is 32.1. The summed E-state index contributed by atoms with van der Waals surface area (Å²) in [6, 6.07) is 4.27. The lowest BCUT2D eigenvalue weighted by Gasteiger charge is -2.25.